The molecule has 3 N–H and O–H groups in total. The number of carbonyl (C=O) groups is 1. The zero-order valence-electron chi connectivity index (χ0n) is 8.35. The van der Waals surface area contributed by atoms with Gasteiger partial charge < -0.3 is 16.0 Å². The van der Waals surface area contributed by atoms with E-state index in [4.69, 9.17) is 5.73 Å². The maximum absolute atomic E-state index is 11.3. The Hall–Kier alpha value is -0.770. The Kier molecular flexibility index (Phi) is 4.03. The van der Waals surface area contributed by atoms with Crippen molar-refractivity contribution >= 4 is 6.03 Å². The average molecular weight is 173 g/mol. The van der Waals surface area contributed by atoms with E-state index in [2.05, 4.69) is 5.32 Å². The molecule has 0 atom stereocenters. The van der Waals surface area contributed by atoms with Crippen molar-refractivity contribution in [3.8, 4) is 0 Å². The van der Waals surface area contributed by atoms with Gasteiger partial charge in [0, 0.05) is 25.7 Å². The maximum atomic E-state index is 11.3. The molecule has 4 nitrogen and oxygen atoms in total. The Morgan fingerprint density at radius 2 is 2.08 bits per heavy atom. The van der Waals surface area contributed by atoms with Crippen molar-refractivity contribution in [2.75, 3.05) is 20.1 Å². The monoisotopic (exact) mass is 173 g/mol. The molecular formula is C8H19N3O. The molecule has 72 valence electrons. The molecular weight excluding hydrogens is 154 g/mol. The van der Waals surface area contributed by atoms with Crippen molar-refractivity contribution in [2.45, 2.75) is 26.3 Å². The third kappa shape index (κ3) is 3.57. The van der Waals surface area contributed by atoms with Crippen LogP contribution in [0.5, 0.6) is 0 Å². The lowest BCUT2D eigenvalue weighted by molar-refractivity contribution is 0.200. The molecule has 0 bridgehead atoms. The molecule has 0 fully saturated rings. The van der Waals surface area contributed by atoms with Gasteiger partial charge >= 0.3 is 6.03 Å². The van der Waals surface area contributed by atoms with Gasteiger partial charge in [-0.1, -0.05) is 0 Å². The first-order valence-corrected chi connectivity index (χ1v) is 4.16. The fraction of sp³-hybridized carbons (Fsp3) is 0.875. The first kappa shape index (κ1) is 11.2. The van der Waals surface area contributed by atoms with E-state index in [1.54, 1.807) is 11.9 Å². The van der Waals surface area contributed by atoms with E-state index in [-0.39, 0.29) is 11.6 Å². The van der Waals surface area contributed by atoms with Crippen molar-refractivity contribution in [1.82, 2.24) is 10.2 Å². The largest absolute Gasteiger partial charge is 0.332 e. The van der Waals surface area contributed by atoms with Crippen molar-refractivity contribution in [3.05, 3.63) is 0 Å². The summed E-state index contributed by atoms with van der Waals surface area (Å²) in [6, 6.07) is -0.0760. The van der Waals surface area contributed by atoms with Gasteiger partial charge in [0.1, 0.15) is 0 Å². The summed E-state index contributed by atoms with van der Waals surface area (Å²) in [7, 11) is 1.75. The van der Waals surface area contributed by atoms with Crippen molar-refractivity contribution in [2.24, 2.45) is 5.73 Å². The highest BCUT2D eigenvalue weighted by molar-refractivity contribution is 5.74. The van der Waals surface area contributed by atoms with E-state index in [0.29, 0.717) is 13.1 Å². The van der Waals surface area contributed by atoms with Gasteiger partial charge in [0.25, 0.3) is 0 Å². The van der Waals surface area contributed by atoms with Crippen LogP contribution in [0.1, 0.15) is 20.8 Å². The molecule has 0 aromatic heterocycles. The maximum Gasteiger partial charge on any atom is 0.317 e. The molecule has 0 radical (unpaired) electrons. The number of rotatable bonds is 3. The Balaban J connectivity index is 4.00. The predicted octanol–water partition coefficient (Wildman–Crippen LogP) is 0.385. The quantitative estimate of drug-likeness (QED) is 0.648. The van der Waals surface area contributed by atoms with Gasteiger partial charge in [0.15, 0.2) is 0 Å². The Morgan fingerprint density at radius 3 is 2.42 bits per heavy atom. The first-order valence-electron chi connectivity index (χ1n) is 4.16. The number of nitrogens with zero attached hydrogens (tertiary/aromatic N) is 1. The summed E-state index contributed by atoms with van der Waals surface area (Å²) in [5, 5.41) is 2.82. The van der Waals surface area contributed by atoms with E-state index in [9.17, 15) is 4.79 Å². The van der Waals surface area contributed by atoms with Gasteiger partial charge in [0.05, 0.1) is 0 Å². The summed E-state index contributed by atoms with van der Waals surface area (Å²) in [4.78, 5) is 12.9. The Labute approximate surface area is 74.1 Å². The summed E-state index contributed by atoms with van der Waals surface area (Å²) in [5.74, 6) is 0. The normalized spacial score (nSPS) is 11.1. The van der Waals surface area contributed by atoms with E-state index in [1.807, 2.05) is 20.8 Å². The summed E-state index contributed by atoms with van der Waals surface area (Å²) < 4.78 is 0. The number of nitrogens with two attached hydrogens (primary N) is 1. The number of nitrogens with one attached hydrogen (secondary N) is 1. The number of carbonyl (C=O) groups excluding carboxylic acids is 1. The van der Waals surface area contributed by atoms with Crippen LogP contribution in [0.3, 0.4) is 0 Å². The van der Waals surface area contributed by atoms with Crippen LogP contribution in [0.15, 0.2) is 0 Å². The van der Waals surface area contributed by atoms with Crippen LogP contribution in [0.2, 0.25) is 0 Å². The third-order valence-electron chi connectivity index (χ3n) is 1.78. The summed E-state index contributed by atoms with van der Waals surface area (Å²) in [5.41, 5.74) is 5.14. The van der Waals surface area contributed by atoms with Gasteiger partial charge in [-0.25, -0.2) is 4.79 Å². The molecule has 0 spiro atoms. The molecule has 0 aliphatic heterocycles. The van der Waals surface area contributed by atoms with Gasteiger partial charge in [0.2, 0.25) is 0 Å². The first-order chi connectivity index (χ1) is 5.43. The second-order valence-corrected chi connectivity index (χ2v) is 3.53. The molecule has 0 aliphatic carbocycles. The van der Waals surface area contributed by atoms with Gasteiger partial charge in [-0.15, -0.1) is 0 Å². The topological polar surface area (TPSA) is 58.4 Å². The Bertz CT molecular complexity index is 156. The number of hydrogen-bond donors (Lipinski definition) is 2. The van der Waals surface area contributed by atoms with Crippen LogP contribution < -0.4 is 11.1 Å². The highest BCUT2D eigenvalue weighted by atomic mass is 16.2. The molecule has 0 saturated heterocycles. The minimum absolute atomic E-state index is 0.0760. The number of amides is 2. The molecule has 4 heteroatoms. The summed E-state index contributed by atoms with van der Waals surface area (Å²) >= 11 is 0. The lowest BCUT2D eigenvalue weighted by Gasteiger charge is -2.27. The van der Waals surface area contributed by atoms with Crippen LogP contribution in [0, 0.1) is 0 Å². The summed E-state index contributed by atoms with van der Waals surface area (Å²) in [6.45, 7) is 6.86. The number of hydrogen-bond acceptors (Lipinski definition) is 2. The smallest absolute Gasteiger partial charge is 0.317 e. The molecule has 0 heterocycles. The zero-order chi connectivity index (χ0) is 9.78. The van der Waals surface area contributed by atoms with Crippen LogP contribution in [-0.4, -0.2) is 36.6 Å². The highest BCUT2D eigenvalue weighted by Gasteiger charge is 2.19. The Morgan fingerprint density at radius 1 is 1.58 bits per heavy atom. The van der Waals surface area contributed by atoms with Crippen molar-refractivity contribution < 1.29 is 4.79 Å². The average Bonchev–Trinajstić information content (AvgIpc) is 2.02. The van der Waals surface area contributed by atoms with Crippen LogP contribution in [-0.2, 0) is 0 Å². The molecule has 2 amide bonds. The third-order valence-corrected chi connectivity index (χ3v) is 1.78. The van der Waals surface area contributed by atoms with E-state index >= 15 is 0 Å². The molecule has 0 rings (SSSR count). The van der Waals surface area contributed by atoms with Crippen LogP contribution in [0.25, 0.3) is 0 Å². The lowest BCUT2D eigenvalue weighted by Crippen LogP contribution is -2.52. The molecule has 0 aromatic carbocycles. The summed E-state index contributed by atoms with van der Waals surface area (Å²) in [6.07, 6.45) is 0. The van der Waals surface area contributed by atoms with Crippen molar-refractivity contribution in [3.63, 3.8) is 0 Å². The second-order valence-electron chi connectivity index (χ2n) is 3.53. The van der Waals surface area contributed by atoms with Gasteiger partial charge in [-0.2, -0.15) is 0 Å². The minimum atomic E-state index is -0.319. The van der Waals surface area contributed by atoms with E-state index < -0.39 is 0 Å². The zero-order valence-corrected chi connectivity index (χ0v) is 8.35. The minimum Gasteiger partial charge on any atom is -0.332 e. The lowest BCUT2D eigenvalue weighted by atomic mass is 10.1. The molecule has 0 saturated carbocycles. The highest BCUT2D eigenvalue weighted by Crippen LogP contribution is 1.99. The standard InChI is InChI=1S/C8H19N3O/c1-5-11(4)7(12)10-8(2,3)6-9/h5-6,9H2,1-4H3,(H,10,12). The van der Waals surface area contributed by atoms with Crippen LogP contribution >= 0.6 is 0 Å². The molecule has 0 unspecified atom stereocenters. The molecule has 12 heavy (non-hydrogen) atoms. The van der Waals surface area contributed by atoms with Gasteiger partial charge in [-0.05, 0) is 20.8 Å². The van der Waals surface area contributed by atoms with Crippen LogP contribution in [0.4, 0.5) is 4.79 Å². The number of urea groups is 1. The molecule has 0 aliphatic rings. The van der Waals surface area contributed by atoms with E-state index in [0.717, 1.165) is 0 Å². The molecule has 0 aromatic rings. The fourth-order valence-corrected chi connectivity index (χ4v) is 0.580. The SMILES string of the molecule is CCN(C)C(=O)NC(C)(C)CN. The van der Waals surface area contributed by atoms with Crippen molar-refractivity contribution in [1.29, 1.82) is 0 Å². The second kappa shape index (κ2) is 4.30. The van der Waals surface area contributed by atoms with Gasteiger partial charge in [-0.3, -0.25) is 0 Å². The van der Waals surface area contributed by atoms with E-state index in [1.165, 1.54) is 0 Å². The predicted molar refractivity (Wildman–Crippen MR) is 50.0 cm³/mol. The fourth-order valence-electron chi connectivity index (χ4n) is 0.580.